The highest BCUT2D eigenvalue weighted by Crippen LogP contribution is 2.24. The van der Waals surface area contributed by atoms with Crippen molar-refractivity contribution in [3.05, 3.63) is 0 Å². The summed E-state index contributed by atoms with van der Waals surface area (Å²) >= 11 is 0. The molecule has 0 aromatic rings. The van der Waals surface area contributed by atoms with Crippen molar-refractivity contribution in [3.63, 3.8) is 0 Å². The minimum Gasteiger partial charge on any atom is -0.468 e. The number of hydrogen-bond acceptors (Lipinski definition) is 3. The van der Waals surface area contributed by atoms with Crippen molar-refractivity contribution in [1.82, 2.24) is 4.90 Å². The first-order valence-electron chi connectivity index (χ1n) is 6.59. The summed E-state index contributed by atoms with van der Waals surface area (Å²) in [5.41, 5.74) is 0. The van der Waals surface area contributed by atoms with Gasteiger partial charge in [0.05, 0.1) is 7.11 Å². The van der Waals surface area contributed by atoms with Gasteiger partial charge in [0.1, 0.15) is 6.54 Å². The number of carbonyl (C=O) groups is 2. The van der Waals surface area contributed by atoms with E-state index in [1.165, 1.54) is 7.11 Å². The van der Waals surface area contributed by atoms with Crippen LogP contribution in [0.3, 0.4) is 0 Å². The SMILES string of the molecule is COC(=O)CN(C(=O)C(C(C)C)C(C)C)C(C)C. The summed E-state index contributed by atoms with van der Waals surface area (Å²) < 4.78 is 4.65. The molecule has 0 spiro atoms. The maximum atomic E-state index is 12.5. The standard InChI is InChI=1S/C14H27NO3/c1-9(2)13(10(3)4)14(17)15(11(5)6)8-12(16)18-7/h9-11,13H,8H2,1-7H3. The molecule has 1 amide bonds. The van der Waals surface area contributed by atoms with Crippen LogP contribution in [0.2, 0.25) is 0 Å². The van der Waals surface area contributed by atoms with Crippen LogP contribution in [0.1, 0.15) is 41.5 Å². The minimum absolute atomic E-state index is 0.00315. The van der Waals surface area contributed by atoms with Gasteiger partial charge in [-0.05, 0) is 25.7 Å². The predicted octanol–water partition coefficient (Wildman–Crippen LogP) is 2.32. The second kappa shape index (κ2) is 7.39. The largest absolute Gasteiger partial charge is 0.468 e. The Labute approximate surface area is 111 Å². The molecule has 4 nitrogen and oxygen atoms in total. The van der Waals surface area contributed by atoms with Crippen LogP contribution in [-0.4, -0.2) is 36.5 Å². The summed E-state index contributed by atoms with van der Waals surface area (Å²) in [5.74, 6) is 0.133. The summed E-state index contributed by atoms with van der Waals surface area (Å²) in [7, 11) is 1.34. The Morgan fingerprint density at radius 2 is 1.44 bits per heavy atom. The summed E-state index contributed by atoms with van der Waals surface area (Å²) in [6.07, 6.45) is 0. The van der Waals surface area contributed by atoms with Gasteiger partial charge in [-0.3, -0.25) is 9.59 Å². The van der Waals surface area contributed by atoms with E-state index in [4.69, 9.17) is 0 Å². The average molecular weight is 257 g/mol. The fraction of sp³-hybridized carbons (Fsp3) is 0.857. The zero-order valence-corrected chi connectivity index (χ0v) is 12.7. The fourth-order valence-electron chi connectivity index (χ4n) is 2.25. The summed E-state index contributed by atoms with van der Waals surface area (Å²) in [4.78, 5) is 25.5. The monoisotopic (exact) mass is 257 g/mol. The molecule has 0 radical (unpaired) electrons. The van der Waals surface area contributed by atoms with Crippen LogP contribution in [0.15, 0.2) is 0 Å². The Hall–Kier alpha value is -1.06. The van der Waals surface area contributed by atoms with Gasteiger partial charge in [-0.25, -0.2) is 0 Å². The molecule has 18 heavy (non-hydrogen) atoms. The van der Waals surface area contributed by atoms with Crippen LogP contribution in [-0.2, 0) is 14.3 Å². The lowest BCUT2D eigenvalue weighted by atomic mass is 9.84. The fourth-order valence-corrected chi connectivity index (χ4v) is 2.25. The van der Waals surface area contributed by atoms with E-state index in [0.717, 1.165) is 0 Å². The highest BCUT2D eigenvalue weighted by Gasteiger charge is 2.31. The zero-order chi connectivity index (χ0) is 14.5. The van der Waals surface area contributed by atoms with Gasteiger partial charge in [0.25, 0.3) is 0 Å². The Morgan fingerprint density at radius 3 is 1.72 bits per heavy atom. The van der Waals surface area contributed by atoms with E-state index in [-0.39, 0.29) is 42.2 Å². The van der Waals surface area contributed by atoms with Gasteiger partial charge >= 0.3 is 5.97 Å². The van der Waals surface area contributed by atoms with Gasteiger partial charge in [-0.15, -0.1) is 0 Å². The second-order valence-electron chi connectivity index (χ2n) is 5.65. The number of carbonyl (C=O) groups excluding carboxylic acids is 2. The smallest absolute Gasteiger partial charge is 0.325 e. The zero-order valence-electron chi connectivity index (χ0n) is 12.7. The molecule has 0 aliphatic heterocycles. The normalized spacial score (nSPS) is 11.5. The molecule has 0 aliphatic rings. The molecule has 0 fully saturated rings. The Kier molecular flexibility index (Phi) is 6.96. The van der Waals surface area contributed by atoms with Crippen LogP contribution in [0.5, 0.6) is 0 Å². The number of rotatable bonds is 6. The van der Waals surface area contributed by atoms with Crippen LogP contribution in [0.4, 0.5) is 0 Å². The number of amides is 1. The lowest BCUT2D eigenvalue weighted by molar-refractivity contribution is -0.151. The Bertz CT molecular complexity index is 277. The number of hydrogen-bond donors (Lipinski definition) is 0. The maximum absolute atomic E-state index is 12.5. The average Bonchev–Trinajstić information content (AvgIpc) is 2.23. The molecule has 0 aromatic heterocycles. The molecular weight excluding hydrogens is 230 g/mol. The van der Waals surface area contributed by atoms with E-state index in [1.54, 1.807) is 4.90 Å². The summed E-state index contributed by atoms with van der Waals surface area (Å²) in [6, 6.07) is -0.00315. The van der Waals surface area contributed by atoms with Crippen molar-refractivity contribution in [2.24, 2.45) is 17.8 Å². The molecule has 0 saturated carbocycles. The third kappa shape index (κ3) is 4.67. The highest BCUT2D eigenvalue weighted by atomic mass is 16.5. The van der Waals surface area contributed by atoms with Crippen LogP contribution >= 0.6 is 0 Å². The van der Waals surface area contributed by atoms with E-state index >= 15 is 0 Å². The third-order valence-corrected chi connectivity index (χ3v) is 3.16. The lowest BCUT2D eigenvalue weighted by Crippen LogP contribution is -2.46. The van der Waals surface area contributed by atoms with E-state index in [1.807, 2.05) is 41.5 Å². The molecule has 0 rings (SSSR count). The van der Waals surface area contributed by atoms with E-state index in [9.17, 15) is 9.59 Å². The topological polar surface area (TPSA) is 46.6 Å². The van der Waals surface area contributed by atoms with Gasteiger partial charge in [0.2, 0.25) is 5.91 Å². The molecule has 0 heterocycles. The van der Waals surface area contributed by atoms with E-state index in [0.29, 0.717) is 0 Å². The van der Waals surface area contributed by atoms with Crippen LogP contribution in [0.25, 0.3) is 0 Å². The third-order valence-electron chi connectivity index (χ3n) is 3.16. The molecule has 0 atom stereocenters. The molecule has 0 N–H and O–H groups in total. The second-order valence-corrected chi connectivity index (χ2v) is 5.65. The Balaban J connectivity index is 4.99. The molecule has 0 bridgehead atoms. The Morgan fingerprint density at radius 1 is 1.00 bits per heavy atom. The van der Waals surface area contributed by atoms with Gasteiger partial charge in [-0.1, -0.05) is 27.7 Å². The summed E-state index contributed by atoms with van der Waals surface area (Å²) in [6.45, 7) is 12.0. The highest BCUT2D eigenvalue weighted by molar-refractivity contribution is 5.84. The van der Waals surface area contributed by atoms with E-state index < -0.39 is 0 Å². The van der Waals surface area contributed by atoms with Crippen molar-refractivity contribution in [3.8, 4) is 0 Å². The first-order chi connectivity index (χ1) is 8.22. The summed E-state index contributed by atoms with van der Waals surface area (Å²) in [5, 5.41) is 0. The molecular formula is C14H27NO3. The first kappa shape index (κ1) is 16.9. The number of methoxy groups -OCH3 is 1. The van der Waals surface area contributed by atoms with Crippen molar-refractivity contribution < 1.29 is 14.3 Å². The number of ether oxygens (including phenoxy) is 1. The van der Waals surface area contributed by atoms with Gasteiger partial charge in [0.15, 0.2) is 0 Å². The first-order valence-corrected chi connectivity index (χ1v) is 6.59. The van der Waals surface area contributed by atoms with Crippen LogP contribution in [0, 0.1) is 17.8 Å². The maximum Gasteiger partial charge on any atom is 0.325 e. The molecule has 0 saturated heterocycles. The van der Waals surface area contributed by atoms with Crippen LogP contribution < -0.4 is 0 Å². The molecule has 0 aliphatic carbocycles. The molecule has 0 aromatic carbocycles. The number of esters is 1. The molecule has 4 heteroatoms. The minimum atomic E-state index is -0.372. The lowest BCUT2D eigenvalue weighted by Gasteiger charge is -2.33. The molecule has 0 unspecified atom stereocenters. The quantitative estimate of drug-likeness (QED) is 0.686. The van der Waals surface area contributed by atoms with Crippen molar-refractivity contribution >= 4 is 11.9 Å². The van der Waals surface area contributed by atoms with E-state index in [2.05, 4.69) is 4.74 Å². The van der Waals surface area contributed by atoms with Crippen molar-refractivity contribution in [2.45, 2.75) is 47.6 Å². The van der Waals surface area contributed by atoms with Crippen molar-refractivity contribution in [1.29, 1.82) is 0 Å². The van der Waals surface area contributed by atoms with Gasteiger partial charge < -0.3 is 9.64 Å². The predicted molar refractivity (Wildman–Crippen MR) is 72.0 cm³/mol. The van der Waals surface area contributed by atoms with Gasteiger partial charge in [0, 0.05) is 12.0 Å². The number of nitrogens with zero attached hydrogens (tertiary/aromatic N) is 1. The molecule has 106 valence electrons. The van der Waals surface area contributed by atoms with Gasteiger partial charge in [-0.2, -0.15) is 0 Å². The van der Waals surface area contributed by atoms with Crippen molar-refractivity contribution in [2.75, 3.05) is 13.7 Å².